The van der Waals surface area contributed by atoms with E-state index < -0.39 is 10.0 Å². The highest BCUT2D eigenvalue weighted by molar-refractivity contribution is 9.10. The van der Waals surface area contributed by atoms with Gasteiger partial charge in [0, 0.05) is 4.47 Å². The second kappa shape index (κ2) is 6.35. The summed E-state index contributed by atoms with van der Waals surface area (Å²) in [6, 6.07) is 6.25. The van der Waals surface area contributed by atoms with Gasteiger partial charge in [-0.25, -0.2) is 8.42 Å². The molecule has 0 spiro atoms. The van der Waals surface area contributed by atoms with Crippen molar-refractivity contribution in [2.24, 2.45) is 0 Å². The van der Waals surface area contributed by atoms with Crippen LogP contribution in [0.15, 0.2) is 34.1 Å². The number of hydrogen-bond donors (Lipinski definition) is 2. The van der Waals surface area contributed by atoms with Crippen molar-refractivity contribution in [3.63, 3.8) is 0 Å². The number of carbonyl (C=O) groups excluding carboxylic acids is 1. The van der Waals surface area contributed by atoms with Crippen molar-refractivity contribution in [3.05, 3.63) is 44.0 Å². The van der Waals surface area contributed by atoms with Crippen LogP contribution < -0.4 is 10.0 Å². The van der Waals surface area contributed by atoms with E-state index in [2.05, 4.69) is 26.0 Å². The van der Waals surface area contributed by atoms with Crippen molar-refractivity contribution >= 4 is 66.2 Å². The quantitative estimate of drug-likeness (QED) is 0.807. The Morgan fingerprint density at radius 3 is 2.62 bits per heavy atom. The Balaban J connectivity index is 2.25. The van der Waals surface area contributed by atoms with E-state index in [0.717, 1.165) is 6.26 Å². The fraction of sp³-hybridized carbons (Fsp3) is 0.0833. The minimum atomic E-state index is -3.40. The number of sulfonamides is 1. The van der Waals surface area contributed by atoms with E-state index in [1.54, 1.807) is 11.4 Å². The summed E-state index contributed by atoms with van der Waals surface area (Å²) < 4.78 is 25.4. The molecule has 0 fully saturated rings. The van der Waals surface area contributed by atoms with E-state index in [1.807, 2.05) is 0 Å². The standard InChI is InChI=1S/C12H10BrClN2O3S2/c1-21(18,19)16-7-2-3-9(14)10(6-7)15-12(17)11-8(13)4-5-20-11/h2-6,16H,1H3,(H,15,17). The Kier molecular flexibility index (Phi) is 4.92. The number of halogens is 2. The van der Waals surface area contributed by atoms with E-state index in [4.69, 9.17) is 11.6 Å². The number of anilines is 2. The van der Waals surface area contributed by atoms with Gasteiger partial charge in [0.2, 0.25) is 10.0 Å². The van der Waals surface area contributed by atoms with Gasteiger partial charge in [-0.15, -0.1) is 11.3 Å². The van der Waals surface area contributed by atoms with Crippen molar-refractivity contribution in [1.82, 2.24) is 0 Å². The van der Waals surface area contributed by atoms with Crippen LogP contribution in [-0.2, 0) is 10.0 Å². The van der Waals surface area contributed by atoms with Gasteiger partial charge in [-0.05, 0) is 45.6 Å². The highest BCUT2D eigenvalue weighted by Gasteiger charge is 2.14. The lowest BCUT2D eigenvalue weighted by atomic mass is 10.2. The third kappa shape index (κ3) is 4.44. The van der Waals surface area contributed by atoms with E-state index >= 15 is 0 Å². The summed E-state index contributed by atoms with van der Waals surface area (Å²) in [7, 11) is -3.40. The van der Waals surface area contributed by atoms with E-state index in [0.29, 0.717) is 25.7 Å². The van der Waals surface area contributed by atoms with Crippen LogP contribution >= 0.6 is 38.9 Å². The zero-order chi connectivity index (χ0) is 15.6. The summed E-state index contributed by atoms with van der Waals surface area (Å²) >= 11 is 10.6. The van der Waals surface area contributed by atoms with Gasteiger partial charge in [-0.3, -0.25) is 9.52 Å². The second-order valence-electron chi connectivity index (χ2n) is 4.12. The van der Waals surface area contributed by atoms with Crippen LogP contribution in [0.1, 0.15) is 9.67 Å². The molecule has 1 heterocycles. The van der Waals surface area contributed by atoms with Gasteiger partial charge in [-0.2, -0.15) is 0 Å². The molecule has 0 aliphatic rings. The Bertz CT molecular complexity index is 790. The van der Waals surface area contributed by atoms with Crippen molar-refractivity contribution in [2.45, 2.75) is 0 Å². The molecular weight excluding hydrogens is 400 g/mol. The third-order valence-electron chi connectivity index (χ3n) is 2.34. The highest BCUT2D eigenvalue weighted by atomic mass is 79.9. The molecule has 9 heteroatoms. The number of benzene rings is 1. The van der Waals surface area contributed by atoms with Gasteiger partial charge >= 0.3 is 0 Å². The Morgan fingerprint density at radius 2 is 2.05 bits per heavy atom. The summed E-state index contributed by atoms with van der Waals surface area (Å²) in [5.41, 5.74) is 0.651. The fourth-order valence-corrected chi connectivity index (χ4v) is 3.70. The van der Waals surface area contributed by atoms with Gasteiger partial charge in [0.25, 0.3) is 5.91 Å². The zero-order valence-electron chi connectivity index (χ0n) is 10.7. The van der Waals surface area contributed by atoms with Crippen molar-refractivity contribution in [1.29, 1.82) is 0 Å². The number of thiophene rings is 1. The molecule has 1 aromatic carbocycles. The first-order valence-electron chi connectivity index (χ1n) is 5.58. The average Bonchev–Trinajstić information content (AvgIpc) is 2.78. The minimum Gasteiger partial charge on any atom is -0.320 e. The maximum atomic E-state index is 12.1. The lowest BCUT2D eigenvalue weighted by Crippen LogP contribution is -2.13. The Hall–Kier alpha value is -1.09. The summed E-state index contributed by atoms with van der Waals surface area (Å²) in [4.78, 5) is 12.6. The monoisotopic (exact) mass is 408 g/mol. The molecular formula is C12H10BrClN2O3S2. The van der Waals surface area contributed by atoms with Gasteiger partial charge in [0.1, 0.15) is 4.88 Å². The lowest BCUT2D eigenvalue weighted by molar-refractivity contribution is 0.103. The molecule has 21 heavy (non-hydrogen) atoms. The van der Waals surface area contributed by atoms with E-state index in [-0.39, 0.29) is 5.91 Å². The molecule has 0 saturated carbocycles. The topological polar surface area (TPSA) is 75.3 Å². The molecule has 2 aromatic rings. The summed E-state index contributed by atoms with van der Waals surface area (Å²) in [6.07, 6.45) is 1.04. The number of hydrogen-bond acceptors (Lipinski definition) is 4. The SMILES string of the molecule is CS(=O)(=O)Nc1ccc(Cl)c(NC(=O)c2sccc2Br)c1. The molecule has 1 amide bonds. The van der Waals surface area contributed by atoms with Crippen LogP contribution in [0.2, 0.25) is 5.02 Å². The molecule has 0 unspecified atom stereocenters. The van der Waals surface area contributed by atoms with Crippen LogP contribution in [0, 0.1) is 0 Å². The molecule has 1 aromatic heterocycles. The second-order valence-corrected chi connectivity index (χ2v) is 8.05. The van der Waals surface area contributed by atoms with E-state index in [1.165, 1.54) is 29.5 Å². The molecule has 0 aliphatic carbocycles. The summed E-state index contributed by atoms with van der Waals surface area (Å²) in [5.74, 6) is -0.324. The first-order chi connectivity index (χ1) is 9.76. The zero-order valence-corrected chi connectivity index (χ0v) is 14.7. The van der Waals surface area contributed by atoms with Gasteiger partial charge in [0.15, 0.2) is 0 Å². The predicted molar refractivity (Wildman–Crippen MR) is 89.9 cm³/mol. The number of nitrogens with one attached hydrogen (secondary N) is 2. The fourth-order valence-electron chi connectivity index (χ4n) is 1.53. The summed E-state index contributed by atoms with van der Waals surface area (Å²) in [6.45, 7) is 0. The van der Waals surface area contributed by atoms with Crippen LogP contribution in [0.5, 0.6) is 0 Å². The normalized spacial score (nSPS) is 11.2. The molecule has 112 valence electrons. The molecule has 0 atom stereocenters. The molecule has 0 radical (unpaired) electrons. The van der Waals surface area contributed by atoms with Gasteiger partial charge in [-0.1, -0.05) is 11.6 Å². The largest absolute Gasteiger partial charge is 0.320 e. The molecule has 0 aliphatic heterocycles. The molecule has 2 rings (SSSR count). The maximum absolute atomic E-state index is 12.1. The minimum absolute atomic E-state index is 0.315. The molecule has 0 saturated heterocycles. The highest BCUT2D eigenvalue weighted by Crippen LogP contribution is 2.28. The molecule has 5 nitrogen and oxygen atoms in total. The first kappa shape index (κ1) is 16.3. The number of amides is 1. The Morgan fingerprint density at radius 1 is 1.33 bits per heavy atom. The molecule has 2 N–H and O–H groups in total. The number of rotatable bonds is 4. The average molecular weight is 410 g/mol. The predicted octanol–water partition coefficient (Wildman–Crippen LogP) is 3.79. The first-order valence-corrected chi connectivity index (χ1v) is 9.52. The van der Waals surface area contributed by atoms with Gasteiger partial charge < -0.3 is 5.32 Å². The van der Waals surface area contributed by atoms with E-state index in [9.17, 15) is 13.2 Å². The maximum Gasteiger partial charge on any atom is 0.266 e. The van der Waals surface area contributed by atoms with Crippen molar-refractivity contribution in [3.8, 4) is 0 Å². The number of carbonyl (C=O) groups is 1. The van der Waals surface area contributed by atoms with Crippen LogP contribution in [0.3, 0.4) is 0 Å². The lowest BCUT2D eigenvalue weighted by Gasteiger charge is -2.10. The van der Waals surface area contributed by atoms with Crippen LogP contribution in [-0.4, -0.2) is 20.6 Å². The van der Waals surface area contributed by atoms with Gasteiger partial charge in [0.05, 0.1) is 22.7 Å². The van der Waals surface area contributed by atoms with Crippen LogP contribution in [0.25, 0.3) is 0 Å². The third-order valence-corrected chi connectivity index (χ3v) is 5.11. The van der Waals surface area contributed by atoms with Crippen LogP contribution in [0.4, 0.5) is 11.4 Å². The van der Waals surface area contributed by atoms with Crippen molar-refractivity contribution < 1.29 is 13.2 Å². The summed E-state index contributed by atoms with van der Waals surface area (Å²) in [5, 5.41) is 4.75. The smallest absolute Gasteiger partial charge is 0.266 e. The van der Waals surface area contributed by atoms with Crippen molar-refractivity contribution in [2.75, 3.05) is 16.3 Å². The molecule has 0 bridgehead atoms. The Labute approximate surface area is 139 Å².